The third kappa shape index (κ3) is 1.91. The summed E-state index contributed by atoms with van der Waals surface area (Å²) in [6.45, 7) is 1.74. The van der Waals surface area contributed by atoms with E-state index in [0.29, 0.717) is 5.56 Å². The molecule has 1 aromatic rings. The summed E-state index contributed by atoms with van der Waals surface area (Å²) in [6, 6.07) is 3.92. The van der Waals surface area contributed by atoms with Crippen LogP contribution in [0.25, 0.3) is 0 Å². The van der Waals surface area contributed by atoms with Gasteiger partial charge in [-0.15, -0.1) is 0 Å². The van der Waals surface area contributed by atoms with E-state index in [-0.39, 0.29) is 17.5 Å². The van der Waals surface area contributed by atoms with Gasteiger partial charge in [0.25, 0.3) is 0 Å². The van der Waals surface area contributed by atoms with E-state index < -0.39 is 6.04 Å². The van der Waals surface area contributed by atoms with Crippen LogP contribution in [0.4, 0.5) is 0 Å². The Kier molecular flexibility index (Phi) is 2.75. The van der Waals surface area contributed by atoms with E-state index in [9.17, 15) is 10.2 Å². The summed E-state index contributed by atoms with van der Waals surface area (Å²) < 4.78 is 0. The minimum absolute atomic E-state index is 0.173. The van der Waals surface area contributed by atoms with Crippen molar-refractivity contribution in [1.82, 2.24) is 0 Å². The maximum atomic E-state index is 9.43. The summed E-state index contributed by atoms with van der Waals surface area (Å²) in [5.41, 5.74) is 11.7. The minimum atomic E-state index is -0.466. The molecule has 13 heavy (non-hydrogen) atoms. The summed E-state index contributed by atoms with van der Waals surface area (Å²) in [7, 11) is 0. The van der Waals surface area contributed by atoms with Gasteiger partial charge in [-0.05, 0) is 13.0 Å². The molecule has 0 fully saturated rings. The number of benzene rings is 1. The summed E-state index contributed by atoms with van der Waals surface area (Å²) in [6.07, 6.45) is 0. The second-order valence-electron chi connectivity index (χ2n) is 3.10. The van der Waals surface area contributed by atoms with E-state index >= 15 is 0 Å². The van der Waals surface area contributed by atoms with E-state index in [4.69, 9.17) is 11.5 Å². The van der Waals surface area contributed by atoms with Crippen molar-refractivity contribution in [2.45, 2.75) is 19.0 Å². The quantitative estimate of drug-likeness (QED) is 0.499. The molecule has 0 radical (unpaired) electrons. The Labute approximate surface area is 76.8 Å². The first-order chi connectivity index (χ1) is 6.04. The van der Waals surface area contributed by atoms with Gasteiger partial charge in [0.2, 0.25) is 0 Å². The van der Waals surface area contributed by atoms with Crippen LogP contribution in [0, 0.1) is 0 Å². The molecule has 0 aliphatic carbocycles. The fourth-order valence-electron chi connectivity index (χ4n) is 1.10. The van der Waals surface area contributed by atoms with Crippen LogP contribution in [0.1, 0.15) is 18.5 Å². The number of rotatable bonds is 2. The van der Waals surface area contributed by atoms with Crippen LogP contribution in [0.5, 0.6) is 11.5 Å². The highest BCUT2D eigenvalue weighted by Crippen LogP contribution is 2.32. The van der Waals surface area contributed by atoms with Crippen molar-refractivity contribution < 1.29 is 10.2 Å². The lowest BCUT2D eigenvalue weighted by atomic mass is 10.0. The Morgan fingerprint density at radius 3 is 2.38 bits per heavy atom. The fourth-order valence-corrected chi connectivity index (χ4v) is 1.10. The molecular weight excluding hydrogens is 168 g/mol. The minimum Gasteiger partial charge on any atom is -0.504 e. The summed E-state index contributed by atoms with van der Waals surface area (Å²) in [5.74, 6) is -0.360. The second kappa shape index (κ2) is 3.64. The Balaban J connectivity index is 3.07. The zero-order valence-electron chi connectivity index (χ0n) is 7.44. The van der Waals surface area contributed by atoms with Crippen LogP contribution in [-0.2, 0) is 0 Å². The van der Waals surface area contributed by atoms with E-state index in [1.807, 2.05) is 0 Å². The van der Waals surface area contributed by atoms with Crippen LogP contribution in [0.3, 0.4) is 0 Å². The van der Waals surface area contributed by atoms with E-state index in [1.54, 1.807) is 19.1 Å². The van der Waals surface area contributed by atoms with Gasteiger partial charge in [-0.3, -0.25) is 0 Å². The molecule has 0 heterocycles. The highest BCUT2D eigenvalue weighted by molar-refractivity contribution is 5.46. The number of phenols is 2. The largest absolute Gasteiger partial charge is 0.504 e. The van der Waals surface area contributed by atoms with Crippen LogP contribution in [0.15, 0.2) is 18.2 Å². The normalized spacial score (nSPS) is 15.3. The van der Waals surface area contributed by atoms with Gasteiger partial charge in [-0.2, -0.15) is 0 Å². The standard InChI is InChI=1S/C9H14N2O2/c1-5(10)8(11)6-3-2-4-7(12)9(6)13/h2-5,8,12-13H,10-11H2,1H3/t5-,8+/m0/s1. The van der Waals surface area contributed by atoms with Gasteiger partial charge >= 0.3 is 0 Å². The lowest BCUT2D eigenvalue weighted by molar-refractivity contribution is 0.393. The molecule has 4 heteroatoms. The number of nitrogens with two attached hydrogens (primary N) is 2. The Bertz CT molecular complexity index is 300. The van der Waals surface area contributed by atoms with Gasteiger partial charge in [0, 0.05) is 17.6 Å². The number of hydrogen-bond donors (Lipinski definition) is 4. The molecule has 0 aliphatic rings. The average molecular weight is 182 g/mol. The molecule has 0 unspecified atom stereocenters. The zero-order chi connectivity index (χ0) is 10.0. The maximum absolute atomic E-state index is 9.43. The lowest BCUT2D eigenvalue weighted by Crippen LogP contribution is -2.31. The Morgan fingerprint density at radius 2 is 1.85 bits per heavy atom. The van der Waals surface area contributed by atoms with Crippen LogP contribution >= 0.6 is 0 Å². The molecule has 0 spiro atoms. The van der Waals surface area contributed by atoms with E-state index in [0.717, 1.165) is 0 Å². The maximum Gasteiger partial charge on any atom is 0.162 e. The SMILES string of the molecule is C[C@H](N)[C@@H](N)c1cccc(O)c1O. The molecule has 6 N–H and O–H groups in total. The van der Waals surface area contributed by atoms with Gasteiger partial charge in [0.05, 0.1) is 0 Å². The summed E-state index contributed by atoms with van der Waals surface area (Å²) in [4.78, 5) is 0. The lowest BCUT2D eigenvalue weighted by Gasteiger charge is -2.17. The summed E-state index contributed by atoms with van der Waals surface area (Å²) in [5, 5.41) is 18.6. The predicted molar refractivity (Wildman–Crippen MR) is 50.3 cm³/mol. The summed E-state index contributed by atoms with van der Waals surface area (Å²) >= 11 is 0. The fraction of sp³-hybridized carbons (Fsp3) is 0.333. The number of hydrogen-bond acceptors (Lipinski definition) is 4. The molecular formula is C9H14N2O2. The van der Waals surface area contributed by atoms with Crippen LogP contribution < -0.4 is 11.5 Å². The van der Waals surface area contributed by atoms with Gasteiger partial charge in [-0.25, -0.2) is 0 Å². The van der Waals surface area contributed by atoms with E-state index in [2.05, 4.69) is 0 Å². The molecule has 0 aromatic heterocycles. The van der Waals surface area contributed by atoms with E-state index in [1.165, 1.54) is 6.07 Å². The molecule has 2 atom stereocenters. The molecule has 72 valence electrons. The highest BCUT2D eigenvalue weighted by Gasteiger charge is 2.16. The second-order valence-corrected chi connectivity index (χ2v) is 3.10. The molecule has 0 saturated carbocycles. The van der Waals surface area contributed by atoms with Gasteiger partial charge in [-0.1, -0.05) is 12.1 Å². The first-order valence-electron chi connectivity index (χ1n) is 4.06. The van der Waals surface area contributed by atoms with Crippen molar-refractivity contribution in [2.24, 2.45) is 11.5 Å². The third-order valence-electron chi connectivity index (χ3n) is 1.97. The van der Waals surface area contributed by atoms with Gasteiger partial charge in [0.15, 0.2) is 11.5 Å². The number of phenolic OH excluding ortho intramolecular Hbond substituents is 2. The first-order valence-corrected chi connectivity index (χ1v) is 4.06. The molecule has 1 rings (SSSR count). The highest BCUT2D eigenvalue weighted by atomic mass is 16.3. The molecule has 0 bridgehead atoms. The van der Waals surface area contributed by atoms with Gasteiger partial charge in [0.1, 0.15) is 0 Å². The van der Waals surface area contributed by atoms with Crippen LogP contribution in [0.2, 0.25) is 0 Å². The molecule has 0 saturated heterocycles. The predicted octanol–water partition coefficient (Wildman–Crippen LogP) is 0.445. The molecule has 0 aliphatic heterocycles. The van der Waals surface area contributed by atoms with Crippen molar-refractivity contribution >= 4 is 0 Å². The topological polar surface area (TPSA) is 92.5 Å². The zero-order valence-corrected chi connectivity index (χ0v) is 7.44. The average Bonchev–Trinajstić information content (AvgIpc) is 2.08. The number of para-hydroxylation sites is 1. The molecule has 4 nitrogen and oxygen atoms in total. The van der Waals surface area contributed by atoms with Crippen molar-refractivity contribution in [3.05, 3.63) is 23.8 Å². The monoisotopic (exact) mass is 182 g/mol. The van der Waals surface area contributed by atoms with Gasteiger partial charge < -0.3 is 21.7 Å². The third-order valence-corrected chi connectivity index (χ3v) is 1.97. The smallest absolute Gasteiger partial charge is 0.162 e. The van der Waals surface area contributed by atoms with Crippen molar-refractivity contribution in [2.75, 3.05) is 0 Å². The van der Waals surface area contributed by atoms with Crippen molar-refractivity contribution in [3.63, 3.8) is 0 Å². The van der Waals surface area contributed by atoms with Crippen LogP contribution in [-0.4, -0.2) is 16.3 Å². The van der Waals surface area contributed by atoms with Crippen molar-refractivity contribution in [3.8, 4) is 11.5 Å². The Hall–Kier alpha value is -1.26. The van der Waals surface area contributed by atoms with Crippen molar-refractivity contribution in [1.29, 1.82) is 0 Å². The first kappa shape index (κ1) is 9.83. The Morgan fingerprint density at radius 1 is 1.23 bits per heavy atom. The number of aromatic hydroxyl groups is 2. The molecule has 0 amide bonds. The molecule has 1 aromatic carbocycles.